The highest BCUT2D eigenvalue weighted by Crippen LogP contribution is 2.22. The van der Waals surface area contributed by atoms with Crippen LogP contribution in [0.3, 0.4) is 0 Å². The number of rotatable bonds is 3. The Hall–Kier alpha value is -1.14. The molecule has 0 aliphatic carbocycles. The fraction of sp³-hybridized carbons (Fsp3) is 0.636. The molecule has 0 saturated heterocycles. The van der Waals surface area contributed by atoms with Crippen molar-refractivity contribution >= 4 is 22.6 Å². The predicted molar refractivity (Wildman–Crippen MR) is 69.5 cm³/mol. The maximum absolute atomic E-state index is 11.5. The summed E-state index contributed by atoms with van der Waals surface area (Å²) in [6, 6.07) is 0. The van der Waals surface area contributed by atoms with Crippen LogP contribution in [0.1, 0.15) is 31.3 Å². The minimum Gasteiger partial charge on any atom is -0.444 e. The van der Waals surface area contributed by atoms with Crippen LogP contribution in [0.25, 0.3) is 0 Å². The molecule has 6 heteroatoms. The zero-order valence-electron chi connectivity index (χ0n) is 10.9. The number of carbonyl (C=O) groups is 1. The highest BCUT2D eigenvalue weighted by atomic mass is 32.1. The molecule has 2 N–H and O–H groups in total. The SMILES string of the molecule is CNCc1sc(NC(=O)OC(C)(C)C)nc1C. The Bertz CT molecular complexity index is 396. The van der Waals surface area contributed by atoms with Crippen LogP contribution in [-0.4, -0.2) is 23.7 Å². The molecular formula is C11H19N3O2S. The zero-order chi connectivity index (χ0) is 13.1. The average Bonchev–Trinajstić information content (AvgIpc) is 2.43. The van der Waals surface area contributed by atoms with E-state index in [1.54, 1.807) is 0 Å². The van der Waals surface area contributed by atoms with E-state index in [1.807, 2.05) is 34.7 Å². The van der Waals surface area contributed by atoms with Gasteiger partial charge in [0.05, 0.1) is 5.69 Å². The third kappa shape index (κ3) is 4.70. The van der Waals surface area contributed by atoms with Gasteiger partial charge >= 0.3 is 6.09 Å². The van der Waals surface area contributed by atoms with E-state index in [1.165, 1.54) is 11.3 Å². The molecule has 0 aromatic carbocycles. The van der Waals surface area contributed by atoms with Gasteiger partial charge in [-0.2, -0.15) is 0 Å². The Morgan fingerprint density at radius 1 is 1.47 bits per heavy atom. The number of nitrogens with zero attached hydrogens (tertiary/aromatic N) is 1. The fourth-order valence-electron chi connectivity index (χ4n) is 1.20. The summed E-state index contributed by atoms with van der Waals surface area (Å²) in [6.07, 6.45) is -0.470. The van der Waals surface area contributed by atoms with Gasteiger partial charge in [0.15, 0.2) is 5.13 Å². The monoisotopic (exact) mass is 257 g/mol. The topological polar surface area (TPSA) is 63.2 Å². The quantitative estimate of drug-likeness (QED) is 0.873. The van der Waals surface area contributed by atoms with Gasteiger partial charge in [-0.05, 0) is 34.7 Å². The average molecular weight is 257 g/mol. The molecule has 96 valence electrons. The van der Waals surface area contributed by atoms with Crippen molar-refractivity contribution in [2.45, 2.75) is 39.8 Å². The fourth-order valence-corrected chi connectivity index (χ4v) is 2.16. The zero-order valence-corrected chi connectivity index (χ0v) is 11.7. The molecule has 0 unspecified atom stereocenters. The van der Waals surface area contributed by atoms with E-state index in [0.29, 0.717) is 5.13 Å². The number of hydrogen-bond acceptors (Lipinski definition) is 5. The first-order valence-corrected chi connectivity index (χ1v) is 6.24. The van der Waals surface area contributed by atoms with Crippen molar-refractivity contribution in [3.8, 4) is 0 Å². The molecule has 1 aromatic heterocycles. The van der Waals surface area contributed by atoms with Crippen molar-refractivity contribution in [1.29, 1.82) is 0 Å². The summed E-state index contributed by atoms with van der Waals surface area (Å²) in [5.41, 5.74) is 0.430. The number of amides is 1. The van der Waals surface area contributed by atoms with Crippen LogP contribution in [-0.2, 0) is 11.3 Å². The molecule has 1 amide bonds. The number of thiazole rings is 1. The number of aromatic nitrogens is 1. The minimum atomic E-state index is -0.496. The van der Waals surface area contributed by atoms with Crippen LogP contribution in [0, 0.1) is 6.92 Å². The van der Waals surface area contributed by atoms with E-state index < -0.39 is 11.7 Å². The van der Waals surface area contributed by atoms with Gasteiger partial charge in [-0.15, -0.1) is 0 Å². The second-order valence-electron chi connectivity index (χ2n) is 4.68. The maximum Gasteiger partial charge on any atom is 0.413 e. The number of ether oxygens (including phenoxy) is 1. The van der Waals surface area contributed by atoms with Crippen LogP contribution in [0.5, 0.6) is 0 Å². The largest absolute Gasteiger partial charge is 0.444 e. The lowest BCUT2D eigenvalue weighted by molar-refractivity contribution is 0.0636. The Balaban J connectivity index is 2.63. The van der Waals surface area contributed by atoms with Gasteiger partial charge in [0.25, 0.3) is 0 Å². The molecule has 1 heterocycles. The molecule has 1 aromatic rings. The first-order valence-electron chi connectivity index (χ1n) is 5.42. The Kier molecular flexibility index (Phi) is 4.47. The van der Waals surface area contributed by atoms with Crippen LogP contribution in [0.2, 0.25) is 0 Å². The normalized spacial score (nSPS) is 11.4. The highest BCUT2D eigenvalue weighted by Gasteiger charge is 2.17. The third-order valence-corrected chi connectivity index (χ3v) is 2.91. The molecule has 0 aliphatic rings. The smallest absolute Gasteiger partial charge is 0.413 e. The van der Waals surface area contributed by atoms with Crippen molar-refractivity contribution in [1.82, 2.24) is 10.3 Å². The molecule has 17 heavy (non-hydrogen) atoms. The lowest BCUT2D eigenvalue weighted by Crippen LogP contribution is -2.27. The van der Waals surface area contributed by atoms with Gasteiger partial charge in [-0.25, -0.2) is 9.78 Å². The summed E-state index contributed by atoms with van der Waals surface area (Å²) in [6.45, 7) is 8.15. The number of anilines is 1. The molecule has 0 spiro atoms. The molecule has 0 atom stereocenters. The second kappa shape index (κ2) is 5.46. The molecular weight excluding hydrogens is 238 g/mol. The van der Waals surface area contributed by atoms with Gasteiger partial charge in [0.2, 0.25) is 0 Å². The van der Waals surface area contributed by atoms with E-state index in [-0.39, 0.29) is 0 Å². The van der Waals surface area contributed by atoms with Crippen LogP contribution in [0.4, 0.5) is 9.93 Å². The number of hydrogen-bond donors (Lipinski definition) is 2. The maximum atomic E-state index is 11.5. The van der Waals surface area contributed by atoms with Crippen molar-refractivity contribution in [3.05, 3.63) is 10.6 Å². The Morgan fingerprint density at radius 2 is 2.12 bits per heavy atom. The summed E-state index contributed by atoms with van der Waals surface area (Å²) in [7, 11) is 1.88. The number of aryl methyl sites for hydroxylation is 1. The Labute approximate surface area is 106 Å². The molecule has 0 bridgehead atoms. The summed E-state index contributed by atoms with van der Waals surface area (Å²) < 4.78 is 5.15. The van der Waals surface area contributed by atoms with Crippen LogP contribution < -0.4 is 10.6 Å². The van der Waals surface area contributed by atoms with Crippen molar-refractivity contribution < 1.29 is 9.53 Å². The highest BCUT2D eigenvalue weighted by molar-refractivity contribution is 7.15. The van der Waals surface area contributed by atoms with Gasteiger partial charge in [0, 0.05) is 11.4 Å². The summed E-state index contributed by atoms with van der Waals surface area (Å²) in [5, 5.41) is 6.26. The number of nitrogens with one attached hydrogen (secondary N) is 2. The molecule has 0 aliphatic heterocycles. The van der Waals surface area contributed by atoms with E-state index >= 15 is 0 Å². The lowest BCUT2D eigenvalue weighted by Gasteiger charge is -2.18. The summed E-state index contributed by atoms with van der Waals surface area (Å²) >= 11 is 1.45. The van der Waals surface area contributed by atoms with Gasteiger partial charge in [-0.3, -0.25) is 5.32 Å². The minimum absolute atomic E-state index is 0.470. The Morgan fingerprint density at radius 3 is 2.65 bits per heavy atom. The third-order valence-electron chi connectivity index (χ3n) is 1.84. The first kappa shape index (κ1) is 13.9. The van der Waals surface area contributed by atoms with Crippen molar-refractivity contribution in [3.63, 3.8) is 0 Å². The van der Waals surface area contributed by atoms with Gasteiger partial charge < -0.3 is 10.1 Å². The van der Waals surface area contributed by atoms with E-state index in [0.717, 1.165) is 17.1 Å². The van der Waals surface area contributed by atoms with Gasteiger partial charge in [0.1, 0.15) is 5.60 Å². The second-order valence-corrected chi connectivity index (χ2v) is 5.77. The first-order chi connectivity index (χ1) is 7.81. The predicted octanol–water partition coefficient (Wildman–Crippen LogP) is 2.52. The van der Waals surface area contributed by atoms with Crippen molar-refractivity contribution in [2.24, 2.45) is 0 Å². The lowest BCUT2D eigenvalue weighted by atomic mass is 10.2. The molecule has 5 nitrogen and oxygen atoms in total. The standard InChI is InChI=1S/C11H19N3O2S/c1-7-8(6-12-5)17-9(13-7)14-10(15)16-11(2,3)4/h12H,6H2,1-5H3,(H,13,14,15). The number of carbonyl (C=O) groups excluding carboxylic acids is 1. The molecule has 0 saturated carbocycles. The van der Waals surface area contributed by atoms with E-state index in [2.05, 4.69) is 15.6 Å². The van der Waals surface area contributed by atoms with Crippen molar-refractivity contribution in [2.75, 3.05) is 12.4 Å². The molecule has 0 fully saturated rings. The summed E-state index contributed by atoms with van der Waals surface area (Å²) in [4.78, 5) is 16.9. The molecule has 0 radical (unpaired) electrons. The van der Waals surface area contributed by atoms with Crippen LogP contribution >= 0.6 is 11.3 Å². The van der Waals surface area contributed by atoms with E-state index in [9.17, 15) is 4.79 Å². The van der Waals surface area contributed by atoms with E-state index in [4.69, 9.17) is 4.74 Å². The van der Waals surface area contributed by atoms with Gasteiger partial charge in [-0.1, -0.05) is 11.3 Å². The summed E-state index contributed by atoms with van der Waals surface area (Å²) in [5.74, 6) is 0. The molecule has 1 rings (SSSR count). The van der Waals surface area contributed by atoms with Crippen LogP contribution in [0.15, 0.2) is 0 Å².